The molecule has 0 radical (unpaired) electrons. The highest BCUT2D eigenvalue weighted by Crippen LogP contribution is 2.66. The molecule has 5 atom stereocenters. The molecule has 0 aromatic rings. The number of fused-ring (bicyclic) bond motifs is 1. The van der Waals surface area contributed by atoms with Crippen molar-refractivity contribution in [2.45, 2.75) is 52.2 Å². The monoisotopic (exact) mass is 278 g/mol. The Morgan fingerprint density at radius 3 is 2.80 bits per heavy atom. The van der Waals surface area contributed by atoms with Crippen molar-refractivity contribution in [1.29, 1.82) is 0 Å². The molecule has 0 aromatic heterocycles. The first-order valence-corrected chi connectivity index (χ1v) is 7.39. The average molecular weight is 278 g/mol. The fourth-order valence-corrected chi connectivity index (χ4v) is 4.60. The topological polar surface area (TPSA) is 52.6 Å². The largest absolute Gasteiger partial charge is 0.458 e. The predicted molar refractivity (Wildman–Crippen MR) is 72.7 cm³/mol. The van der Waals surface area contributed by atoms with E-state index in [0.29, 0.717) is 5.92 Å². The zero-order chi connectivity index (χ0) is 14.7. The molecule has 4 nitrogen and oxygen atoms in total. The van der Waals surface area contributed by atoms with E-state index in [1.54, 1.807) is 0 Å². The van der Waals surface area contributed by atoms with Crippen LogP contribution in [0.3, 0.4) is 0 Å². The van der Waals surface area contributed by atoms with Crippen molar-refractivity contribution in [3.05, 3.63) is 12.7 Å². The molecule has 1 saturated heterocycles. The van der Waals surface area contributed by atoms with E-state index in [4.69, 9.17) is 9.47 Å². The summed E-state index contributed by atoms with van der Waals surface area (Å²) in [4.78, 5) is 23.8. The minimum atomic E-state index is -0.425. The van der Waals surface area contributed by atoms with Gasteiger partial charge in [-0.05, 0) is 25.2 Å². The van der Waals surface area contributed by atoms with Gasteiger partial charge in [-0.25, -0.2) is 4.79 Å². The van der Waals surface area contributed by atoms with Crippen LogP contribution in [0.15, 0.2) is 12.7 Å². The highest BCUT2D eigenvalue weighted by Gasteiger charge is 2.71. The summed E-state index contributed by atoms with van der Waals surface area (Å²) in [5.74, 6) is -0.234. The summed E-state index contributed by atoms with van der Waals surface area (Å²) in [6, 6.07) is 0. The van der Waals surface area contributed by atoms with Crippen molar-refractivity contribution in [2.24, 2.45) is 22.7 Å². The first kappa shape index (κ1) is 13.7. The van der Waals surface area contributed by atoms with Gasteiger partial charge in [-0.2, -0.15) is 0 Å². The van der Waals surface area contributed by atoms with Crippen LogP contribution in [0.2, 0.25) is 0 Å². The summed E-state index contributed by atoms with van der Waals surface area (Å²) < 4.78 is 11.3. The zero-order valence-electron chi connectivity index (χ0n) is 12.3. The lowest BCUT2D eigenvalue weighted by molar-refractivity contribution is -0.211. The van der Waals surface area contributed by atoms with Gasteiger partial charge in [0, 0.05) is 16.9 Å². The minimum Gasteiger partial charge on any atom is -0.458 e. The molecule has 0 N–H and O–H groups in total. The summed E-state index contributed by atoms with van der Waals surface area (Å²) in [5.41, 5.74) is -0.322. The van der Waals surface area contributed by atoms with Gasteiger partial charge in [0.05, 0.1) is 5.92 Å². The maximum absolute atomic E-state index is 12.1. The molecule has 0 aromatic carbocycles. The van der Waals surface area contributed by atoms with Crippen molar-refractivity contribution in [3.8, 4) is 0 Å². The molecule has 110 valence electrons. The lowest BCUT2D eigenvalue weighted by atomic mass is 9.46. The number of rotatable bonds is 3. The number of hydrogen-bond donors (Lipinski definition) is 0. The second kappa shape index (κ2) is 4.09. The molecule has 4 rings (SSSR count). The first-order chi connectivity index (χ1) is 9.35. The molecule has 4 heteroatoms. The first-order valence-electron chi connectivity index (χ1n) is 7.39. The molecule has 3 saturated carbocycles. The van der Waals surface area contributed by atoms with Crippen LogP contribution in [-0.2, 0) is 19.1 Å². The quantitative estimate of drug-likeness (QED) is 0.588. The van der Waals surface area contributed by atoms with Crippen molar-refractivity contribution >= 4 is 11.9 Å². The van der Waals surface area contributed by atoms with Crippen LogP contribution in [0, 0.1) is 22.7 Å². The van der Waals surface area contributed by atoms with Gasteiger partial charge < -0.3 is 9.47 Å². The third kappa shape index (κ3) is 1.48. The molecule has 0 amide bonds. The van der Waals surface area contributed by atoms with E-state index < -0.39 is 5.97 Å². The Balaban J connectivity index is 2.04. The fourth-order valence-electron chi connectivity index (χ4n) is 4.60. The molecule has 0 spiro atoms. The van der Waals surface area contributed by atoms with Gasteiger partial charge in [0.25, 0.3) is 0 Å². The molecule has 4 fully saturated rings. The van der Waals surface area contributed by atoms with Crippen LogP contribution in [0.5, 0.6) is 0 Å². The van der Waals surface area contributed by atoms with Crippen LogP contribution in [0.1, 0.15) is 40.0 Å². The van der Waals surface area contributed by atoms with Gasteiger partial charge in [0.15, 0.2) is 0 Å². The van der Waals surface area contributed by atoms with E-state index in [2.05, 4.69) is 27.4 Å². The zero-order valence-corrected chi connectivity index (χ0v) is 12.3. The SMILES string of the molecule is C=CC(=O)OC1C2OC(=O)C3CC1(C(C)C)CCC32C. The molecular weight excluding hydrogens is 256 g/mol. The van der Waals surface area contributed by atoms with E-state index in [1.807, 2.05) is 0 Å². The number of carbonyl (C=O) groups is 2. The molecular formula is C16H22O4. The van der Waals surface area contributed by atoms with Crippen LogP contribution in [0.25, 0.3) is 0 Å². The van der Waals surface area contributed by atoms with Crippen molar-refractivity contribution < 1.29 is 19.1 Å². The van der Waals surface area contributed by atoms with E-state index in [0.717, 1.165) is 19.3 Å². The highest BCUT2D eigenvalue weighted by molar-refractivity contribution is 5.82. The van der Waals surface area contributed by atoms with Crippen LogP contribution >= 0.6 is 0 Å². The second-order valence-electron chi connectivity index (χ2n) is 7.07. The summed E-state index contributed by atoms with van der Waals surface area (Å²) in [5, 5.41) is 0. The number of carbonyl (C=O) groups excluding carboxylic acids is 2. The summed E-state index contributed by atoms with van der Waals surface area (Å²) in [7, 11) is 0. The van der Waals surface area contributed by atoms with Crippen LogP contribution in [0.4, 0.5) is 0 Å². The average Bonchev–Trinajstić information content (AvgIpc) is 2.59. The van der Waals surface area contributed by atoms with Gasteiger partial charge in [-0.1, -0.05) is 27.4 Å². The van der Waals surface area contributed by atoms with Crippen LogP contribution < -0.4 is 0 Å². The van der Waals surface area contributed by atoms with Crippen molar-refractivity contribution in [3.63, 3.8) is 0 Å². The van der Waals surface area contributed by atoms with Crippen LogP contribution in [-0.4, -0.2) is 24.1 Å². The number of hydrogen-bond acceptors (Lipinski definition) is 4. The van der Waals surface area contributed by atoms with Gasteiger partial charge in [0.2, 0.25) is 0 Å². The molecule has 1 aliphatic heterocycles. The lowest BCUT2D eigenvalue weighted by Gasteiger charge is -2.59. The Kier molecular flexibility index (Phi) is 2.79. The smallest absolute Gasteiger partial charge is 0.330 e. The van der Waals surface area contributed by atoms with E-state index in [-0.39, 0.29) is 34.9 Å². The Morgan fingerprint density at radius 2 is 2.20 bits per heavy atom. The summed E-state index contributed by atoms with van der Waals surface area (Å²) in [6.07, 6.45) is 3.27. The van der Waals surface area contributed by atoms with Gasteiger partial charge in [0.1, 0.15) is 12.2 Å². The Labute approximate surface area is 119 Å². The second-order valence-corrected chi connectivity index (χ2v) is 7.07. The third-order valence-electron chi connectivity index (χ3n) is 6.09. The van der Waals surface area contributed by atoms with Crippen molar-refractivity contribution in [1.82, 2.24) is 0 Å². The molecule has 20 heavy (non-hydrogen) atoms. The van der Waals surface area contributed by atoms with Crippen molar-refractivity contribution in [2.75, 3.05) is 0 Å². The van der Waals surface area contributed by atoms with E-state index in [1.165, 1.54) is 6.08 Å². The Bertz CT molecular complexity index is 483. The van der Waals surface area contributed by atoms with E-state index >= 15 is 0 Å². The van der Waals surface area contributed by atoms with Gasteiger partial charge >= 0.3 is 11.9 Å². The number of ether oxygens (including phenoxy) is 2. The fraction of sp³-hybridized carbons (Fsp3) is 0.750. The van der Waals surface area contributed by atoms with Gasteiger partial charge in [-0.3, -0.25) is 4.79 Å². The maximum Gasteiger partial charge on any atom is 0.330 e. The number of esters is 2. The molecule has 3 aliphatic carbocycles. The van der Waals surface area contributed by atoms with Gasteiger partial charge in [-0.15, -0.1) is 0 Å². The maximum atomic E-state index is 12.1. The lowest BCUT2D eigenvalue weighted by Crippen LogP contribution is -2.63. The molecule has 1 heterocycles. The highest BCUT2D eigenvalue weighted by atomic mass is 16.6. The third-order valence-corrected chi connectivity index (χ3v) is 6.09. The molecule has 5 unspecified atom stereocenters. The molecule has 4 bridgehead atoms. The normalized spacial score (nSPS) is 45.4. The van der Waals surface area contributed by atoms with E-state index in [9.17, 15) is 9.59 Å². The Morgan fingerprint density at radius 1 is 1.50 bits per heavy atom. The molecule has 4 aliphatic rings. The standard InChI is InChI=1S/C16H22O4/c1-5-11(17)19-13-12-15(4)6-7-16(13,9(2)3)8-10(15)14(18)20-12/h5,9-10,12-13H,1,6-8H2,2-4H3. The summed E-state index contributed by atoms with van der Waals surface area (Å²) in [6.45, 7) is 9.86. The Hall–Kier alpha value is -1.32. The summed E-state index contributed by atoms with van der Waals surface area (Å²) >= 11 is 0. The minimum absolute atomic E-state index is 0.0395. The predicted octanol–water partition coefficient (Wildman–Crippen LogP) is 2.47.